The van der Waals surface area contributed by atoms with Gasteiger partial charge in [-0.25, -0.2) is 0 Å². The van der Waals surface area contributed by atoms with Gasteiger partial charge in [0.15, 0.2) is 5.78 Å². The van der Waals surface area contributed by atoms with Crippen LogP contribution in [0, 0.1) is 17.7 Å². The van der Waals surface area contributed by atoms with Gasteiger partial charge in [-0.1, -0.05) is 72.9 Å². The number of hydrogen-bond acceptors (Lipinski definition) is 4. The van der Waals surface area contributed by atoms with Crippen molar-refractivity contribution < 1.29 is 9.90 Å². The van der Waals surface area contributed by atoms with E-state index in [1.807, 2.05) is 43.3 Å². The molecule has 0 saturated carbocycles. The Morgan fingerprint density at radius 1 is 1.08 bits per heavy atom. The molecule has 0 bridgehead atoms. The second-order valence-electron chi connectivity index (χ2n) is 10.4. The predicted molar refractivity (Wildman–Crippen MR) is 149 cm³/mol. The lowest BCUT2D eigenvalue weighted by Crippen LogP contribution is -2.45. The molecule has 2 N–H and O–H groups in total. The third-order valence-electron chi connectivity index (χ3n) is 6.98. The Labute approximate surface area is 226 Å². The Bertz CT molecular complexity index is 1470. The van der Waals surface area contributed by atoms with Crippen molar-refractivity contribution in [3.8, 4) is 0 Å². The number of pyridine rings is 1. The van der Waals surface area contributed by atoms with Gasteiger partial charge in [0.05, 0.1) is 10.0 Å². The maximum absolute atomic E-state index is 13.9. The molecule has 1 unspecified atom stereocenters. The number of Topliss-reactive ketones (excluding diaryl/α,β-unsaturated/α-hetero) is 1. The minimum absolute atomic E-state index is 0.00753. The summed E-state index contributed by atoms with van der Waals surface area (Å²) < 4.78 is 0. The Morgan fingerprint density at radius 2 is 1.81 bits per heavy atom. The molecule has 2 aromatic carbocycles. The summed E-state index contributed by atoms with van der Waals surface area (Å²) in [4.78, 5) is 19.9. The Morgan fingerprint density at radius 3 is 2.46 bits per heavy atom. The second kappa shape index (κ2) is 9.47. The zero-order valence-corrected chi connectivity index (χ0v) is 22.4. The van der Waals surface area contributed by atoms with Crippen molar-refractivity contribution in [2.75, 3.05) is 4.90 Å². The highest BCUT2D eigenvalue weighted by Crippen LogP contribution is 2.51. The molecule has 1 atom stereocenters. The Hall–Kier alpha value is -3.41. The van der Waals surface area contributed by atoms with Crippen molar-refractivity contribution in [1.29, 1.82) is 5.41 Å². The molecule has 7 heteroatoms. The third-order valence-corrected chi connectivity index (χ3v) is 7.72. The first-order valence-corrected chi connectivity index (χ1v) is 12.8. The van der Waals surface area contributed by atoms with Crippen molar-refractivity contribution >= 4 is 46.3 Å². The van der Waals surface area contributed by atoms with Crippen LogP contribution >= 0.6 is 23.2 Å². The number of nitrogens with zero attached hydrogens (tertiary/aromatic N) is 2. The SMILES string of the molecule is Cc1ccc(/C(O)=C2\C(=N)N(c3ccc(Cl)c(Cl)c3)C3=C(C(=O)CC(C)(C)C3)C2c2cccnc2)cc1. The van der Waals surface area contributed by atoms with Crippen LogP contribution in [0.4, 0.5) is 5.69 Å². The quantitative estimate of drug-likeness (QED) is 0.336. The summed E-state index contributed by atoms with van der Waals surface area (Å²) in [5.74, 6) is -0.616. The number of nitrogens with one attached hydrogen (secondary N) is 1. The molecule has 1 aliphatic heterocycles. The Balaban J connectivity index is 1.85. The van der Waals surface area contributed by atoms with Crippen LogP contribution in [-0.4, -0.2) is 21.7 Å². The van der Waals surface area contributed by atoms with Crippen LogP contribution in [0.2, 0.25) is 10.0 Å². The van der Waals surface area contributed by atoms with Crippen molar-refractivity contribution in [2.24, 2.45) is 5.41 Å². The summed E-state index contributed by atoms with van der Waals surface area (Å²) in [7, 11) is 0. The van der Waals surface area contributed by atoms with Gasteiger partial charge in [0.1, 0.15) is 11.6 Å². The number of rotatable bonds is 3. The number of aliphatic hydroxyl groups excluding tert-OH is 1. The first-order chi connectivity index (χ1) is 17.6. The van der Waals surface area contributed by atoms with Crippen molar-refractivity contribution in [3.05, 3.63) is 111 Å². The normalized spacial score (nSPS) is 20.7. The van der Waals surface area contributed by atoms with Gasteiger partial charge in [0.25, 0.3) is 0 Å². The molecule has 1 aliphatic carbocycles. The second-order valence-corrected chi connectivity index (χ2v) is 11.2. The molecule has 1 aromatic heterocycles. The molecule has 2 heterocycles. The number of halogens is 2. The number of anilines is 1. The summed E-state index contributed by atoms with van der Waals surface area (Å²) in [6, 6.07) is 16.3. The average Bonchev–Trinajstić information content (AvgIpc) is 2.85. The lowest BCUT2D eigenvalue weighted by atomic mass is 9.67. The number of carbonyl (C=O) groups is 1. The lowest BCUT2D eigenvalue weighted by molar-refractivity contribution is -0.118. The zero-order valence-electron chi connectivity index (χ0n) is 20.8. The van der Waals surface area contributed by atoms with Crippen molar-refractivity contribution in [1.82, 2.24) is 4.98 Å². The highest BCUT2D eigenvalue weighted by Gasteiger charge is 2.47. The van der Waals surface area contributed by atoms with Crippen molar-refractivity contribution in [3.63, 3.8) is 0 Å². The standard InChI is InChI=1S/C30H27Cl2N3O2/c1-17-6-8-18(9-7-17)28(37)27-25(19-5-4-12-34-16-19)26-23(14-30(2,3)15-24(26)36)35(29(27)33)20-10-11-21(31)22(32)13-20/h4-13,16,25,33,37H,14-15H2,1-3H3/b28-27+,33-29?. The fourth-order valence-electron chi connectivity index (χ4n) is 5.27. The Kier molecular flexibility index (Phi) is 6.47. The average molecular weight is 532 g/mol. The largest absolute Gasteiger partial charge is 0.507 e. The lowest BCUT2D eigenvalue weighted by Gasteiger charge is -2.45. The number of ketones is 1. The topological polar surface area (TPSA) is 77.3 Å². The van der Waals surface area contributed by atoms with Crippen LogP contribution < -0.4 is 4.90 Å². The summed E-state index contributed by atoms with van der Waals surface area (Å²) in [5, 5.41) is 21.9. The number of amidine groups is 1. The minimum Gasteiger partial charge on any atom is -0.507 e. The number of allylic oxidation sites excluding steroid dienone is 2. The monoisotopic (exact) mass is 531 g/mol. The summed E-state index contributed by atoms with van der Waals surface area (Å²) in [6.07, 6.45) is 4.31. The van der Waals surface area contributed by atoms with Gasteiger partial charge < -0.3 is 5.11 Å². The molecule has 188 valence electrons. The van der Waals surface area contributed by atoms with E-state index in [0.717, 1.165) is 16.8 Å². The molecule has 0 radical (unpaired) electrons. The number of aliphatic hydroxyl groups is 1. The van der Waals surface area contributed by atoms with E-state index in [4.69, 9.17) is 23.2 Å². The number of aryl methyl sites for hydroxylation is 1. The van der Waals surface area contributed by atoms with E-state index in [-0.39, 0.29) is 22.8 Å². The third kappa shape index (κ3) is 4.58. The van der Waals surface area contributed by atoms with Gasteiger partial charge in [0.2, 0.25) is 0 Å². The molecular weight excluding hydrogens is 505 g/mol. The maximum atomic E-state index is 13.9. The molecule has 5 nitrogen and oxygen atoms in total. The highest BCUT2D eigenvalue weighted by atomic mass is 35.5. The van der Waals surface area contributed by atoms with Crippen LogP contribution in [0.25, 0.3) is 5.76 Å². The van der Waals surface area contributed by atoms with Crippen LogP contribution in [0.5, 0.6) is 0 Å². The number of benzene rings is 2. The summed E-state index contributed by atoms with van der Waals surface area (Å²) in [6.45, 7) is 6.08. The number of hydrogen-bond donors (Lipinski definition) is 2. The maximum Gasteiger partial charge on any atom is 0.162 e. The van der Waals surface area contributed by atoms with Gasteiger partial charge in [-0.05, 0) is 48.6 Å². The van der Waals surface area contributed by atoms with Gasteiger partial charge in [0, 0.05) is 52.8 Å². The van der Waals surface area contributed by atoms with Gasteiger partial charge in [-0.2, -0.15) is 0 Å². The smallest absolute Gasteiger partial charge is 0.162 e. The highest BCUT2D eigenvalue weighted by molar-refractivity contribution is 6.42. The van der Waals surface area contributed by atoms with E-state index in [1.165, 1.54) is 0 Å². The fourth-order valence-corrected chi connectivity index (χ4v) is 5.56. The van der Waals surface area contributed by atoms with Crippen molar-refractivity contribution in [2.45, 2.75) is 39.5 Å². The van der Waals surface area contributed by atoms with Gasteiger partial charge in [-0.15, -0.1) is 0 Å². The van der Waals surface area contributed by atoms with Crippen LogP contribution in [-0.2, 0) is 4.79 Å². The van der Waals surface area contributed by atoms with E-state index in [1.54, 1.807) is 35.5 Å². The minimum atomic E-state index is -0.639. The zero-order chi connectivity index (χ0) is 26.5. The van der Waals surface area contributed by atoms with E-state index in [2.05, 4.69) is 18.8 Å². The van der Waals surface area contributed by atoms with E-state index in [0.29, 0.717) is 45.3 Å². The summed E-state index contributed by atoms with van der Waals surface area (Å²) >= 11 is 12.6. The summed E-state index contributed by atoms with van der Waals surface area (Å²) in [5.41, 5.74) is 4.32. The van der Waals surface area contributed by atoms with Crippen LogP contribution in [0.1, 0.15) is 49.3 Å². The van der Waals surface area contributed by atoms with E-state index in [9.17, 15) is 15.3 Å². The molecule has 0 spiro atoms. The molecule has 37 heavy (non-hydrogen) atoms. The van der Waals surface area contributed by atoms with Crippen LogP contribution in [0.15, 0.2) is 83.8 Å². The predicted octanol–water partition coefficient (Wildman–Crippen LogP) is 7.89. The van der Waals surface area contributed by atoms with Gasteiger partial charge in [-0.3, -0.25) is 20.1 Å². The fraction of sp³-hybridized carbons (Fsp3) is 0.233. The van der Waals surface area contributed by atoms with Gasteiger partial charge >= 0.3 is 0 Å². The molecule has 5 rings (SSSR count). The molecule has 3 aromatic rings. The van der Waals surface area contributed by atoms with E-state index >= 15 is 0 Å². The molecule has 2 aliphatic rings. The number of aromatic nitrogens is 1. The number of carbonyl (C=O) groups excluding carboxylic acids is 1. The van der Waals surface area contributed by atoms with E-state index < -0.39 is 5.92 Å². The molecule has 0 saturated heterocycles. The molecule has 0 amide bonds. The first kappa shape index (κ1) is 25.2. The van der Waals surface area contributed by atoms with Crippen LogP contribution in [0.3, 0.4) is 0 Å². The molecule has 0 fully saturated rings. The first-order valence-electron chi connectivity index (χ1n) is 12.1. The molecular formula is C30H27Cl2N3O2.